The molecule has 3 heterocycles. The van der Waals surface area contributed by atoms with Crippen LogP contribution in [0.15, 0.2) is 24.3 Å². The number of nitrogens with one attached hydrogen (secondary N) is 2. The van der Waals surface area contributed by atoms with Crippen molar-refractivity contribution >= 4 is 23.4 Å². The zero-order chi connectivity index (χ0) is 24.7. The first-order valence-corrected chi connectivity index (χ1v) is 12.2. The minimum atomic E-state index is -1.08. The van der Waals surface area contributed by atoms with Gasteiger partial charge in [-0.25, -0.2) is 0 Å². The Morgan fingerprint density at radius 1 is 1.21 bits per heavy atom. The molecular formula is C25H35N3O6. The Morgan fingerprint density at radius 3 is 2.50 bits per heavy atom. The Balaban J connectivity index is 1.67. The second-order valence-corrected chi connectivity index (χ2v) is 9.70. The Bertz CT molecular complexity index is 950. The Labute approximate surface area is 200 Å². The molecule has 1 spiro atoms. The van der Waals surface area contributed by atoms with E-state index in [1.165, 1.54) is 4.90 Å². The van der Waals surface area contributed by atoms with Gasteiger partial charge in [-0.05, 0) is 64.3 Å². The van der Waals surface area contributed by atoms with Crippen molar-refractivity contribution in [2.24, 2.45) is 11.8 Å². The summed E-state index contributed by atoms with van der Waals surface area (Å²) in [4.78, 5) is 42.0. The SMILES string of the molecule is CCOc1ccc(NC(=O)[C@H]2[C@H]3C(=O)N(CCO)C(C(=O)NC(C)C)C34CC[C@]2(CC)O4)cc1. The van der Waals surface area contributed by atoms with Gasteiger partial charge in [0.2, 0.25) is 17.7 Å². The highest BCUT2D eigenvalue weighted by molar-refractivity contribution is 6.02. The number of aliphatic hydroxyl groups is 1. The van der Waals surface area contributed by atoms with Crippen molar-refractivity contribution in [1.29, 1.82) is 0 Å². The van der Waals surface area contributed by atoms with Gasteiger partial charge < -0.3 is 30.1 Å². The number of nitrogens with zero attached hydrogens (tertiary/aromatic N) is 1. The van der Waals surface area contributed by atoms with Crippen LogP contribution in [-0.2, 0) is 19.1 Å². The number of likely N-dealkylation sites (tertiary alicyclic amines) is 1. The first-order chi connectivity index (χ1) is 16.2. The average Bonchev–Trinajstić information content (AvgIpc) is 3.39. The monoisotopic (exact) mass is 473 g/mol. The summed E-state index contributed by atoms with van der Waals surface area (Å²) < 4.78 is 12.1. The molecule has 186 valence electrons. The van der Waals surface area contributed by atoms with Crippen molar-refractivity contribution in [3.8, 4) is 5.75 Å². The maximum atomic E-state index is 13.7. The Hall–Kier alpha value is -2.65. The molecule has 1 aromatic carbocycles. The van der Waals surface area contributed by atoms with Crippen LogP contribution in [0.2, 0.25) is 0 Å². The molecule has 1 aromatic rings. The lowest BCUT2D eigenvalue weighted by molar-refractivity contribution is -0.147. The van der Waals surface area contributed by atoms with Crippen molar-refractivity contribution in [1.82, 2.24) is 10.2 Å². The summed E-state index contributed by atoms with van der Waals surface area (Å²) in [6, 6.07) is 6.09. The number of ether oxygens (including phenoxy) is 2. The minimum Gasteiger partial charge on any atom is -0.494 e. The standard InChI is InChI=1S/C25H35N3O6/c1-5-24-11-12-25(34-24)19(23(32)28(13-14-29)20(25)22(31)26-15(3)4)18(24)21(30)27-16-7-9-17(10-8-16)33-6-2/h7-10,15,18-20,29H,5-6,11-14H2,1-4H3,(H,26,31)(H,27,30)/t18-,19+,20?,24+,25?/m1/s1. The Morgan fingerprint density at radius 2 is 1.91 bits per heavy atom. The van der Waals surface area contributed by atoms with E-state index in [9.17, 15) is 19.5 Å². The van der Waals surface area contributed by atoms with Crippen LogP contribution in [0, 0.1) is 11.8 Å². The average molecular weight is 474 g/mol. The van der Waals surface area contributed by atoms with E-state index in [0.717, 1.165) is 0 Å². The quantitative estimate of drug-likeness (QED) is 0.503. The fraction of sp³-hybridized carbons (Fsp3) is 0.640. The van der Waals surface area contributed by atoms with Crippen LogP contribution in [0.25, 0.3) is 0 Å². The maximum Gasteiger partial charge on any atom is 0.246 e. The number of anilines is 1. The molecule has 5 atom stereocenters. The van der Waals surface area contributed by atoms with Crippen LogP contribution in [-0.4, -0.2) is 70.8 Å². The normalized spacial score (nSPS) is 31.6. The molecule has 3 saturated heterocycles. The van der Waals surface area contributed by atoms with E-state index in [1.54, 1.807) is 24.3 Å². The number of carbonyl (C=O) groups is 3. The lowest BCUT2D eigenvalue weighted by Crippen LogP contribution is -2.56. The number of carbonyl (C=O) groups excluding carboxylic acids is 3. The predicted octanol–water partition coefficient (Wildman–Crippen LogP) is 1.70. The third kappa shape index (κ3) is 3.75. The molecule has 0 radical (unpaired) electrons. The molecule has 3 amide bonds. The molecule has 3 fully saturated rings. The van der Waals surface area contributed by atoms with Gasteiger partial charge in [-0.15, -0.1) is 0 Å². The number of aliphatic hydroxyl groups excluding tert-OH is 1. The second kappa shape index (κ2) is 9.19. The van der Waals surface area contributed by atoms with E-state index in [-0.39, 0.29) is 36.9 Å². The molecule has 34 heavy (non-hydrogen) atoms. The van der Waals surface area contributed by atoms with Crippen molar-refractivity contribution in [3.05, 3.63) is 24.3 Å². The van der Waals surface area contributed by atoms with Gasteiger partial charge in [-0.3, -0.25) is 14.4 Å². The highest BCUT2D eigenvalue weighted by Crippen LogP contribution is 2.64. The van der Waals surface area contributed by atoms with Gasteiger partial charge in [0.1, 0.15) is 17.4 Å². The van der Waals surface area contributed by atoms with Crippen LogP contribution in [0.1, 0.15) is 47.0 Å². The van der Waals surface area contributed by atoms with Gasteiger partial charge in [0.15, 0.2) is 0 Å². The summed E-state index contributed by atoms with van der Waals surface area (Å²) >= 11 is 0. The molecule has 0 aromatic heterocycles. The third-order valence-corrected chi connectivity index (χ3v) is 7.42. The van der Waals surface area contributed by atoms with E-state index >= 15 is 0 Å². The molecule has 9 nitrogen and oxygen atoms in total. The van der Waals surface area contributed by atoms with Crippen LogP contribution in [0.4, 0.5) is 5.69 Å². The Kier molecular flexibility index (Phi) is 6.61. The van der Waals surface area contributed by atoms with Crippen LogP contribution < -0.4 is 15.4 Å². The summed E-state index contributed by atoms with van der Waals surface area (Å²) in [6.45, 7) is 7.85. The van der Waals surface area contributed by atoms with Gasteiger partial charge >= 0.3 is 0 Å². The zero-order valence-corrected chi connectivity index (χ0v) is 20.3. The summed E-state index contributed by atoms with van der Waals surface area (Å²) in [5, 5.41) is 15.5. The molecule has 2 bridgehead atoms. The fourth-order valence-electron chi connectivity index (χ4n) is 6.15. The van der Waals surface area contributed by atoms with Crippen LogP contribution in [0.3, 0.4) is 0 Å². The molecule has 9 heteroatoms. The highest BCUT2D eigenvalue weighted by atomic mass is 16.5. The van der Waals surface area contributed by atoms with Gasteiger partial charge in [-0.2, -0.15) is 0 Å². The number of fused-ring (bicyclic) bond motifs is 1. The van der Waals surface area contributed by atoms with Crippen molar-refractivity contribution in [2.45, 2.75) is 70.2 Å². The smallest absolute Gasteiger partial charge is 0.246 e. The maximum absolute atomic E-state index is 13.7. The van der Waals surface area contributed by atoms with Crippen LogP contribution >= 0.6 is 0 Å². The van der Waals surface area contributed by atoms with Crippen LogP contribution in [0.5, 0.6) is 5.75 Å². The van der Waals surface area contributed by atoms with E-state index < -0.39 is 29.1 Å². The number of β-amino-alcohol motifs (C(OH)–C–C–N with tert-alkyl or cyclic N) is 1. The molecule has 0 aliphatic carbocycles. The van der Waals surface area contributed by atoms with Gasteiger partial charge in [0.05, 0.1) is 30.7 Å². The molecule has 2 unspecified atom stereocenters. The van der Waals surface area contributed by atoms with Crippen molar-refractivity contribution < 1.29 is 29.0 Å². The summed E-state index contributed by atoms with van der Waals surface area (Å²) in [5.74, 6) is -1.71. The summed E-state index contributed by atoms with van der Waals surface area (Å²) in [6.07, 6.45) is 1.66. The van der Waals surface area contributed by atoms with E-state index in [4.69, 9.17) is 9.47 Å². The molecule has 4 rings (SSSR count). The van der Waals surface area contributed by atoms with Gasteiger partial charge in [-0.1, -0.05) is 6.92 Å². The van der Waals surface area contributed by atoms with Gasteiger partial charge in [0.25, 0.3) is 0 Å². The molecule has 3 aliphatic heterocycles. The van der Waals surface area contributed by atoms with E-state index in [2.05, 4.69) is 10.6 Å². The van der Waals surface area contributed by atoms with Crippen molar-refractivity contribution in [3.63, 3.8) is 0 Å². The largest absolute Gasteiger partial charge is 0.494 e. The fourth-order valence-corrected chi connectivity index (χ4v) is 6.15. The number of amides is 3. The number of hydrogen-bond donors (Lipinski definition) is 3. The summed E-state index contributed by atoms with van der Waals surface area (Å²) in [5.41, 5.74) is -1.29. The van der Waals surface area contributed by atoms with Crippen molar-refractivity contribution in [2.75, 3.05) is 25.1 Å². The molecule has 3 aliphatic rings. The van der Waals surface area contributed by atoms with E-state index in [0.29, 0.717) is 37.3 Å². The third-order valence-electron chi connectivity index (χ3n) is 7.42. The predicted molar refractivity (Wildman–Crippen MR) is 125 cm³/mol. The lowest BCUT2D eigenvalue weighted by atomic mass is 9.65. The number of hydrogen-bond acceptors (Lipinski definition) is 6. The summed E-state index contributed by atoms with van der Waals surface area (Å²) in [7, 11) is 0. The van der Waals surface area contributed by atoms with Gasteiger partial charge in [0, 0.05) is 18.3 Å². The zero-order valence-electron chi connectivity index (χ0n) is 20.3. The van der Waals surface area contributed by atoms with E-state index in [1.807, 2.05) is 27.7 Å². The topological polar surface area (TPSA) is 117 Å². The second-order valence-electron chi connectivity index (χ2n) is 9.70. The first kappa shape index (κ1) is 24.5. The molecular weight excluding hydrogens is 438 g/mol. The number of rotatable bonds is 9. The number of benzene rings is 1. The molecule has 0 saturated carbocycles. The first-order valence-electron chi connectivity index (χ1n) is 12.2. The highest BCUT2D eigenvalue weighted by Gasteiger charge is 2.78. The molecule has 3 N–H and O–H groups in total. The minimum absolute atomic E-state index is 0.0168. The lowest BCUT2D eigenvalue weighted by Gasteiger charge is -2.34.